The van der Waals surface area contributed by atoms with Crippen LogP contribution in [0.3, 0.4) is 0 Å². The van der Waals surface area contributed by atoms with E-state index in [0.717, 1.165) is 11.1 Å². The minimum absolute atomic E-state index is 0.179. The lowest BCUT2D eigenvalue weighted by Gasteiger charge is -2.25. The average Bonchev–Trinajstić information content (AvgIpc) is 3.51. The maximum atomic E-state index is 13.8. The minimum Gasteiger partial charge on any atom is -0.496 e. The van der Waals surface area contributed by atoms with Gasteiger partial charge >= 0.3 is 11.9 Å². The molecule has 9 nitrogen and oxygen atoms in total. The summed E-state index contributed by atoms with van der Waals surface area (Å²) in [7, 11) is 1.56. The number of carbonyl (C=O) groups excluding carboxylic acids is 1. The SMILES string of the molecule is CCOC(=O)C1=C(C)N=c2s/c(=C\c3ccc(-c4ccc(C(=O)O)cc4C)o3)c(=O)n2[C@@H]1c1ccc(OC)c(Br)c1. The Kier molecular flexibility index (Phi) is 7.83. The summed E-state index contributed by atoms with van der Waals surface area (Å²) in [6.07, 6.45) is 1.64. The summed E-state index contributed by atoms with van der Waals surface area (Å²) in [5.41, 5.74) is 2.78. The largest absolute Gasteiger partial charge is 0.496 e. The number of rotatable bonds is 7. The number of thiazole rings is 1. The predicted octanol–water partition coefficient (Wildman–Crippen LogP) is 4.84. The number of fused-ring (bicyclic) bond motifs is 1. The van der Waals surface area contributed by atoms with Crippen LogP contribution in [0.4, 0.5) is 0 Å². The van der Waals surface area contributed by atoms with E-state index >= 15 is 0 Å². The molecule has 0 saturated heterocycles. The first-order valence-corrected chi connectivity index (χ1v) is 14.2. The van der Waals surface area contributed by atoms with E-state index in [2.05, 4.69) is 20.9 Å². The number of nitrogens with zero attached hydrogens (tertiary/aromatic N) is 2. The molecule has 5 rings (SSSR count). The Balaban J connectivity index is 1.62. The Morgan fingerprint density at radius 2 is 1.95 bits per heavy atom. The van der Waals surface area contributed by atoms with Crippen molar-refractivity contribution in [3.63, 3.8) is 0 Å². The van der Waals surface area contributed by atoms with Crippen LogP contribution < -0.4 is 19.6 Å². The summed E-state index contributed by atoms with van der Waals surface area (Å²) in [6, 6.07) is 12.9. The Morgan fingerprint density at radius 3 is 2.61 bits per heavy atom. The molecule has 0 amide bonds. The Hall–Kier alpha value is -4.22. The fourth-order valence-electron chi connectivity index (χ4n) is 4.74. The van der Waals surface area contributed by atoms with E-state index in [4.69, 9.17) is 13.9 Å². The molecule has 0 fully saturated rings. The van der Waals surface area contributed by atoms with Crippen molar-refractivity contribution in [3.05, 3.63) is 106 Å². The zero-order valence-corrected chi connectivity index (χ0v) is 25.0. The van der Waals surface area contributed by atoms with Crippen molar-refractivity contribution in [3.8, 4) is 17.1 Å². The highest BCUT2D eigenvalue weighted by atomic mass is 79.9. The molecule has 0 radical (unpaired) electrons. The molecule has 0 saturated carbocycles. The first-order chi connectivity index (χ1) is 19.6. The number of carbonyl (C=O) groups is 2. The van der Waals surface area contributed by atoms with Crippen molar-refractivity contribution >= 4 is 45.3 Å². The number of carboxylic acid groups (broad SMARTS) is 1. The lowest BCUT2D eigenvalue weighted by molar-refractivity contribution is -0.139. The molecule has 0 spiro atoms. The second-order valence-corrected chi connectivity index (χ2v) is 11.1. The normalized spacial score (nSPS) is 15.0. The number of hydrogen-bond acceptors (Lipinski definition) is 8. The molecule has 0 unspecified atom stereocenters. The molecule has 2 aromatic heterocycles. The van der Waals surface area contributed by atoms with Gasteiger partial charge in [-0.05, 0) is 84.2 Å². The molecule has 41 heavy (non-hydrogen) atoms. The van der Waals surface area contributed by atoms with Crippen LogP contribution in [0.25, 0.3) is 17.4 Å². The molecule has 0 bridgehead atoms. The molecule has 11 heteroatoms. The van der Waals surface area contributed by atoms with Crippen molar-refractivity contribution < 1.29 is 28.6 Å². The molecule has 1 aliphatic heterocycles. The highest BCUT2D eigenvalue weighted by Gasteiger charge is 2.33. The Bertz CT molecular complexity index is 1920. The van der Waals surface area contributed by atoms with E-state index in [1.807, 2.05) is 13.0 Å². The molecule has 1 aliphatic rings. The third-order valence-electron chi connectivity index (χ3n) is 6.65. The summed E-state index contributed by atoms with van der Waals surface area (Å²) >= 11 is 4.70. The predicted molar refractivity (Wildman–Crippen MR) is 157 cm³/mol. The van der Waals surface area contributed by atoms with Crippen molar-refractivity contribution in [1.82, 2.24) is 4.57 Å². The number of aryl methyl sites for hydroxylation is 1. The summed E-state index contributed by atoms with van der Waals surface area (Å²) in [5, 5.41) is 9.25. The van der Waals surface area contributed by atoms with Crippen LogP contribution in [-0.4, -0.2) is 35.3 Å². The lowest BCUT2D eigenvalue weighted by Crippen LogP contribution is -2.39. The van der Waals surface area contributed by atoms with Gasteiger partial charge in [-0.3, -0.25) is 9.36 Å². The number of aromatic nitrogens is 1. The first-order valence-electron chi connectivity index (χ1n) is 12.6. The van der Waals surface area contributed by atoms with Gasteiger partial charge in [-0.25, -0.2) is 14.6 Å². The van der Waals surface area contributed by atoms with Crippen LogP contribution in [-0.2, 0) is 9.53 Å². The van der Waals surface area contributed by atoms with Crippen molar-refractivity contribution in [2.75, 3.05) is 13.7 Å². The number of esters is 1. The van der Waals surface area contributed by atoms with E-state index in [-0.39, 0.29) is 23.3 Å². The van der Waals surface area contributed by atoms with E-state index in [1.165, 1.54) is 22.0 Å². The van der Waals surface area contributed by atoms with Gasteiger partial charge in [0, 0.05) is 11.6 Å². The standard InChI is InChI=1S/C30H25BrN2O7S/c1-5-39-29(37)25-16(3)32-30-33(26(25)17-7-10-23(38-4)21(31)13-17)27(34)24(41-30)14-19-8-11-22(40-19)20-9-6-18(28(35)36)12-15(20)2/h6-14,26H,5H2,1-4H3,(H,35,36)/b24-14-/t26-/m1/s1. The van der Waals surface area contributed by atoms with Gasteiger partial charge in [0.1, 0.15) is 17.3 Å². The van der Waals surface area contributed by atoms with Gasteiger partial charge in [0.15, 0.2) is 4.80 Å². The molecular weight excluding hydrogens is 612 g/mol. The van der Waals surface area contributed by atoms with Crippen molar-refractivity contribution in [2.24, 2.45) is 4.99 Å². The molecular formula is C30H25BrN2O7S. The van der Waals surface area contributed by atoms with Gasteiger partial charge in [-0.2, -0.15) is 0 Å². The molecule has 3 heterocycles. The van der Waals surface area contributed by atoms with Gasteiger partial charge in [-0.1, -0.05) is 23.5 Å². The summed E-state index contributed by atoms with van der Waals surface area (Å²) in [5.74, 6) is 0.0506. The summed E-state index contributed by atoms with van der Waals surface area (Å²) in [6.45, 7) is 5.44. The minimum atomic E-state index is -1.00. The highest BCUT2D eigenvalue weighted by Crippen LogP contribution is 2.35. The third kappa shape index (κ3) is 5.30. The zero-order valence-electron chi connectivity index (χ0n) is 22.6. The number of carboxylic acids is 1. The second kappa shape index (κ2) is 11.3. The van der Waals surface area contributed by atoms with E-state index < -0.39 is 18.0 Å². The quantitative estimate of drug-likeness (QED) is 0.288. The summed E-state index contributed by atoms with van der Waals surface area (Å²) in [4.78, 5) is 43.3. The van der Waals surface area contributed by atoms with Crippen LogP contribution >= 0.6 is 27.3 Å². The fraction of sp³-hybridized carbons (Fsp3) is 0.200. The monoisotopic (exact) mass is 636 g/mol. The van der Waals surface area contributed by atoms with E-state index in [0.29, 0.717) is 42.3 Å². The molecule has 1 N–H and O–H groups in total. The number of ether oxygens (including phenoxy) is 2. The number of allylic oxidation sites excluding steroid dienone is 1. The Morgan fingerprint density at radius 1 is 1.17 bits per heavy atom. The number of hydrogen-bond donors (Lipinski definition) is 1. The van der Waals surface area contributed by atoms with Crippen molar-refractivity contribution in [2.45, 2.75) is 26.8 Å². The molecule has 2 aromatic carbocycles. The molecule has 4 aromatic rings. The van der Waals surface area contributed by atoms with Crippen molar-refractivity contribution in [1.29, 1.82) is 0 Å². The number of aromatic carboxylic acids is 1. The number of furan rings is 1. The van der Waals surface area contributed by atoms with Crippen LogP contribution in [0.2, 0.25) is 0 Å². The first kappa shape index (κ1) is 28.3. The molecule has 0 aliphatic carbocycles. The average molecular weight is 638 g/mol. The van der Waals surface area contributed by atoms with Gasteiger partial charge in [0.05, 0.1) is 45.6 Å². The van der Waals surface area contributed by atoms with Crippen LogP contribution in [0.1, 0.15) is 47.1 Å². The zero-order chi connectivity index (χ0) is 29.4. The maximum absolute atomic E-state index is 13.8. The van der Waals surface area contributed by atoms with Crippen LogP contribution in [0, 0.1) is 6.92 Å². The lowest BCUT2D eigenvalue weighted by atomic mass is 9.96. The van der Waals surface area contributed by atoms with Gasteiger partial charge < -0.3 is 19.0 Å². The van der Waals surface area contributed by atoms with Gasteiger partial charge in [0.2, 0.25) is 0 Å². The Labute approximate surface area is 246 Å². The maximum Gasteiger partial charge on any atom is 0.338 e. The van der Waals surface area contributed by atoms with Crippen LogP contribution in [0.15, 0.2) is 78.5 Å². The fourth-order valence-corrected chi connectivity index (χ4v) is 6.32. The summed E-state index contributed by atoms with van der Waals surface area (Å²) < 4.78 is 19.3. The van der Waals surface area contributed by atoms with Gasteiger partial charge in [-0.15, -0.1) is 0 Å². The third-order valence-corrected chi connectivity index (χ3v) is 8.25. The number of halogens is 1. The smallest absolute Gasteiger partial charge is 0.338 e. The number of methoxy groups -OCH3 is 1. The highest BCUT2D eigenvalue weighted by molar-refractivity contribution is 9.10. The topological polar surface area (TPSA) is 120 Å². The van der Waals surface area contributed by atoms with E-state index in [9.17, 15) is 19.5 Å². The molecule has 1 atom stereocenters. The molecule has 210 valence electrons. The van der Waals surface area contributed by atoms with Gasteiger partial charge in [0.25, 0.3) is 5.56 Å². The van der Waals surface area contributed by atoms with E-state index in [1.54, 1.807) is 63.4 Å². The van der Waals surface area contributed by atoms with Crippen LogP contribution in [0.5, 0.6) is 5.75 Å². The number of benzene rings is 2. The second-order valence-electron chi connectivity index (χ2n) is 9.23.